The van der Waals surface area contributed by atoms with Crippen molar-refractivity contribution in [3.63, 3.8) is 0 Å². The first kappa shape index (κ1) is 20.1. The van der Waals surface area contributed by atoms with Crippen LogP contribution >= 0.6 is 0 Å². The monoisotopic (exact) mass is 429 g/mol. The molecule has 0 amide bonds. The molecule has 0 atom stereocenters. The van der Waals surface area contributed by atoms with E-state index in [4.69, 9.17) is 0 Å². The molecule has 7 nitrogen and oxygen atoms in total. The number of H-pyrrole nitrogens is 1. The molecule has 0 aliphatic heterocycles. The normalized spacial score (nSPS) is 11.5. The largest absolute Gasteiger partial charge is 0.340 e. The minimum absolute atomic E-state index is 0.254. The van der Waals surface area contributed by atoms with Gasteiger partial charge in [0.05, 0.1) is 35.6 Å². The third-order valence-corrected chi connectivity index (χ3v) is 5.69. The first-order chi connectivity index (χ1) is 15.5. The van der Waals surface area contributed by atoms with Crippen LogP contribution in [0.2, 0.25) is 0 Å². The van der Waals surface area contributed by atoms with Crippen molar-refractivity contribution in [2.75, 3.05) is 0 Å². The van der Waals surface area contributed by atoms with E-state index in [0.717, 1.165) is 58.2 Å². The third-order valence-electron chi connectivity index (χ3n) is 5.69. The van der Waals surface area contributed by atoms with Crippen LogP contribution in [0, 0.1) is 12.7 Å². The smallest absolute Gasteiger partial charge is 0.133 e. The molecular weight excluding hydrogens is 405 g/mol. The van der Waals surface area contributed by atoms with E-state index >= 15 is 4.39 Å². The van der Waals surface area contributed by atoms with Gasteiger partial charge in [-0.05, 0) is 49.4 Å². The average Bonchev–Trinajstić information content (AvgIpc) is 3.47. The highest BCUT2D eigenvalue weighted by Gasteiger charge is 2.16. The minimum Gasteiger partial charge on any atom is -0.340 e. The number of benzene rings is 1. The Morgan fingerprint density at radius 2 is 1.91 bits per heavy atom. The number of halogens is 1. The molecular formula is C24H24FN7. The highest BCUT2D eigenvalue weighted by atomic mass is 19.1. The van der Waals surface area contributed by atoms with Gasteiger partial charge in [0, 0.05) is 43.0 Å². The quantitative estimate of drug-likeness (QED) is 0.435. The first-order valence-corrected chi connectivity index (χ1v) is 10.6. The van der Waals surface area contributed by atoms with E-state index in [1.165, 1.54) is 0 Å². The number of nitrogens with one attached hydrogen (secondary N) is 1. The van der Waals surface area contributed by atoms with Crippen molar-refractivity contribution in [3.05, 3.63) is 72.0 Å². The molecule has 5 aromatic rings. The van der Waals surface area contributed by atoms with Gasteiger partial charge in [-0.25, -0.2) is 9.37 Å². The molecule has 0 saturated carbocycles. The molecule has 0 fully saturated rings. The van der Waals surface area contributed by atoms with E-state index in [0.29, 0.717) is 11.3 Å². The summed E-state index contributed by atoms with van der Waals surface area (Å²) in [6.07, 6.45) is 11.8. The molecule has 1 aromatic carbocycles. The van der Waals surface area contributed by atoms with E-state index in [1.54, 1.807) is 29.5 Å². The Bertz CT molecular complexity index is 1390. The molecule has 4 heterocycles. The fraction of sp³-hybridized carbons (Fsp3) is 0.250. The Morgan fingerprint density at radius 1 is 1.03 bits per heavy atom. The number of pyridine rings is 1. The lowest BCUT2D eigenvalue weighted by atomic mass is 9.97. The van der Waals surface area contributed by atoms with Gasteiger partial charge in [-0.15, -0.1) is 0 Å². The zero-order chi connectivity index (χ0) is 22.2. The summed E-state index contributed by atoms with van der Waals surface area (Å²) in [5, 5.41) is 12.5. The zero-order valence-corrected chi connectivity index (χ0v) is 18.3. The molecule has 0 aliphatic carbocycles. The van der Waals surface area contributed by atoms with Crippen LogP contribution in [0.5, 0.6) is 0 Å². The highest BCUT2D eigenvalue weighted by Crippen LogP contribution is 2.32. The molecule has 5 rings (SSSR count). The van der Waals surface area contributed by atoms with Crippen LogP contribution in [0.25, 0.3) is 33.4 Å². The van der Waals surface area contributed by atoms with Gasteiger partial charge >= 0.3 is 0 Å². The molecule has 0 aliphatic rings. The fourth-order valence-corrected chi connectivity index (χ4v) is 4.17. The van der Waals surface area contributed by atoms with Crippen LogP contribution in [-0.2, 0) is 26.9 Å². The van der Waals surface area contributed by atoms with Gasteiger partial charge in [-0.1, -0.05) is 6.07 Å². The van der Waals surface area contributed by atoms with Crippen molar-refractivity contribution in [2.24, 2.45) is 14.1 Å². The maximum Gasteiger partial charge on any atom is 0.133 e. The van der Waals surface area contributed by atoms with E-state index in [1.807, 2.05) is 44.0 Å². The van der Waals surface area contributed by atoms with Gasteiger partial charge in [0.1, 0.15) is 11.5 Å². The summed E-state index contributed by atoms with van der Waals surface area (Å²) in [4.78, 5) is 8.86. The van der Waals surface area contributed by atoms with Crippen molar-refractivity contribution in [1.29, 1.82) is 0 Å². The summed E-state index contributed by atoms with van der Waals surface area (Å²) >= 11 is 0. The van der Waals surface area contributed by atoms with E-state index in [-0.39, 0.29) is 5.82 Å². The van der Waals surface area contributed by atoms with Crippen molar-refractivity contribution in [1.82, 2.24) is 34.5 Å². The average molecular weight is 430 g/mol. The van der Waals surface area contributed by atoms with Crippen molar-refractivity contribution in [3.8, 4) is 22.5 Å². The SMILES string of the molecule is Cc1cc(CCCc2cn(C)cn2)cc(F)c1-c1cc2c(-c3cnn(C)c3)n[nH]c2cn1. The van der Waals surface area contributed by atoms with Crippen LogP contribution in [0.15, 0.2) is 49.3 Å². The van der Waals surface area contributed by atoms with E-state index in [9.17, 15) is 0 Å². The van der Waals surface area contributed by atoms with Gasteiger partial charge in [0.15, 0.2) is 0 Å². The molecule has 0 saturated heterocycles. The summed E-state index contributed by atoms with van der Waals surface area (Å²) in [6, 6.07) is 5.58. The molecule has 0 unspecified atom stereocenters. The van der Waals surface area contributed by atoms with E-state index in [2.05, 4.69) is 31.3 Å². The van der Waals surface area contributed by atoms with Gasteiger partial charge in [-0.2, -0.15) is 10.2 Å². The Morgan fingerprint density at radius 3 is 2.62 bits per heavy atom. The Kier molecular flexibility index (Phi) is 5.05. The Hall–Kier alpha value is -3.81. The maximum absolute atomic E-state index is 15.2. The molecule has 0 bridgehead atoms. The van der Waals surface area contributed by atoms with Crippen LogP contribution in [0.3, 0.4) is 0 Å². The standard InChI is InChI=1S/C24H24FN7/c1-15-7-16(5-4-6-18-13-31(2)14-27-18)8-20(25)23(15)21-9-19-22(11-26-21)29-30-24(19)17-10-28-32(3)12-17/h7-14H,4-6H2,1-3H3,(H,29,30). The summed E-state index contributed by atoms with van der Waals surface area (Å²) in [5.41, 5.74) is 6.52. The molecule has 0 spiro atoms. The van der Waals surface area contributed by atoms with Gasteiger partial charge in [-0.3, -0.25) is 14.8 Å². The van der Waals surface area contributed by atoms with Crippen molar-refractivity contribution in [2.45, 2.75) is 26.2 Å². The summed E-state index contributed by atoms with van der Waals surface area (Å²) in [7, 11) is 3.82. The predicted octanol–water partition coefficient (Wildman–Crippen LogP) is 4.38. The van der Waals surface area contributed by atoms with Crippen molar-refractivity contribution >= 4 is 10.9 Å². The predicted molar refractivity (Wildman–Crippen MR) is 121 cm³/mol. The number of aromatic amines is 1. The number of imidazole rings is 1. The first-order valence-electron chi connectivity index (χ1n) is 10.6. The molecule has 32 heavy (non-hydrogen) atoms. The maximum atomic E-state index is 15.2. The van der Waals surface area contributed by atoms with Crippen LogP contribution in [-0.4, -0.2) is 34.5 Å². The van der Waals surface area contributed by atoms with Crippen LogP contribution in [0.1, 0.15) is 23.2 Å². The molecule has 0 radical (unpaired) electrons. The number of hydrogen-bond donors (Lipinski definition) is 1. The Labute approximate surface area is 185 Å². The van der Waals surface area contributed by atoms with Gasteiger partial charge in [0.2, 0.25) is 0 Å². The number of aromatic nitrogens is 7. The molecule has 8 heteroatoms. The lowest BCUT2D eigenvalue weighted by Gasteiger charge is -2.10. The van der Waals surface area contributed by atoms with Gasteiger partial charge in [0.25, 0.3) is 0 Å². The highest BCUT2D eigenvalue weighted by molar-refractivity contribution is 5.94. The lowest BCUT2D eigenvalue weighted by Crippen LogP contribution is -1.97. The number of fused-ring (bicyclic) bond motifs is 1. The van der Waals surface area contributed by atoms with Gasteiger partial charge < -0.3 is 4.57 Å². The number of rotatable bonds is 6. The lowest BCUT2D eigenvalue weighted by molar-refractivity contribution is 0.626. The zero-order valence-electron chi connectivity index (χ0n) is 18.3. The second kappa shape index (κ2) is 8.03. The fourth-order valence-electron chi connectivity index (χ4n) is 4.17. The van der Waals surface area contributed by atoms with Crippen LogP contribution < -0.4 is 0 Å². The molecule has 4 aromatic heterocycles. The summed E-state index contributed by atoms with van der Waals surface area (Å²) in [5.74, 6) is -0.254. The summed E-state index contributed by atoms with van der Waals surface area (Å²) in [6.45, 7) is 1.93. The second-order valence-electron chi connectivity index (χ2n) is 8.24. The van der Waals surface area contributed by atoms with E-state index < -0.39 is 0 Å². The topological polar surface area (TPSA) is 77.2 Å². The number of nitrogens with zero attached hydrogens (tertiary/aromatic N) is 6. The number of hydrogen-bond acceptors (Lipinski definition) is 4. The second-order valence-corrected chi connectivity index (χ2v) is 8.24. The molecule has 1 N–H and O–H groups in total. The van der Waals surface area contributed by atoms with Crippen molar-refractivity contribution < 1.29 is 4.39 Å². The number of aryl methyl sites for hydroxylation is 5. The third kappa shape index (κ3) is 3.79. The summed E-state index contributed by atoms with van der Waals surface area (Å²) < 4.78 is 18.9. The Balaban J connectivity index is 1.42. The molecule has 162 valence electrons. The minimum atomic E-state index is -0.254. The van der Waals surface area contributed by atoms with Crippen LogP contribution in [0.4, 0.5) is 4.39 Å².